The van der Waals surface area contributed by atoms with Crippen molar-refractivity contribution >= 4 is 35.3 Å². The number of aromatic nitrogens is 2. The van der Waals surface area contributed by atoms with Gasteiger partial charge in [-0.1, -0.05) is 12.1 Å². The SMILES string of the molecule is CC(C)(N)C(=O)Nc1nc2ccccc2[nH]1.Cl. The fourth-order valence-electron chi connectivity index (χ4n) is 1.28. The number of carbonyl (C=O) groups excluding carboxylic acids is 1. The molecule has 0 unspecified atom stereocenters. The molecular formula is C11H15ClN4O. The van der Waals surface area contributed by atoms with Gasteiger partial charge in [0.15, 0.2) is 0 Å². The molecule has 1 aromatic carbocycles. The van der Waals surface area contributed by atoms with Gasteiger partial charge >= 0.3 is 0 Å². The van der Waals surface area contributed by atoms with Gasteiger partial charge in [0.25, 0.3) is 0 Å². The van der Waals surface area contributed by atoms with Crippen molar-refractivity contribution in [1.82, 2.24) is 9.97 Å². The van der Waals surface area contributed by atoms with Crippen LogP contribution < -0.4 is 11.1 Å². The van der Waals surface area contributed by atoms with Crippen LogP contribution in [0.5, 0.6) is 0 Å². The number of para-hydroxylation sites is 2. The Kier molecular flexibility index (Phi) is 3.75. The van der Waals surface area contributed by atoms with E-state index < -0.39 is 5.54 Å². The molecular weight excluding hydrogens is 240 g/mol. The molecule has 92 valence electrons. The molecule has 0 fully saturated rings. The van der Waals surface area contributed by atoms with Crippen molar-refractivity contribution < 1.29 is 4.79 Å². The van der Waals surface area contributed by atoms with Gasteiger partial charge in [0.1, 0.15) is 0 Å². The fraction of sp³-hybridized carbons (Fsp3) is 0.273. The van der Waals surface area contributed by atoms with Crippen LogP contribution in [0.3, 0.4) is 0 Å². The molecule has 0 radical (unpaired) electrons. The lowest BCUT2D eigenvalue weighted by Crippen LogP contribution is -2.45. The van der Waals surface area contributed by atoms with Crippen LogP contribution in [0.25, 0.3) is 11.0 Å². The largest absolute Gasteiger partial charge is 0.324 e. The lowest BCUT2D eigenvalue weighted by Gasteiger charge is -2.16. The highest BCUT2D eigenvalue weighted by molar-refractivity contribution is 5.97. The molecule has 17 heavy (non-hydrogen) atoms. The molecule has 1 aromatic heterocycles. The van der Waals surface area contributed by atoms with Crippen LogP contribution in [-0.4, -0.2) is 21.4 Å². The highest BCUT2D eigenvalue weighted by Gasteiger charge is 2.22. The Balaban J connectivity index is 0.00000144. The molecule has 0 bridgehead atoms. The molecule has 0 saturated heterocycles. The maximum Gasteiger partial charge on any atom is 0.246 e. The number of nitrogens with two attached hydrogens (primary N) is 1. The van der Waals surface area contributed by atoms with Crippen molar-refractivity contribution in [2.75, 3.05) is 5.32 Å². The van der Waals surface area contributed by atoms with Gasteiger partial charge in [0.05, 0.1) is 16.6 Å². The highest BCUT2D eigenvalue weighted by Crippen LogP contribution is 2.14. The number of nitrogens with one attached hydrogen (secondary N) is 2. The van der Waals surface area contributed by atoms with Crippen molar-refractivity contribution in [1.29, 1.82) is 0 Å². The molecule has 0 saturated carbocycles. The van der Waals surface area contributed by atoms with Gasteiger partial charge in [-0.05, 0) is 26.0 Å². The minimum Gasteiger partial charge on any atom is -0.324 e. The van der Waals surface area contributed by atoms with Crippen molar-refractivity contribution in [3.8, 4) is 0 Å². The zero-order chi connectivity index (χ0) is 11.8. The zero-order valence-electron chi connectivity index (χ0n) is 9.65. The molecule has 1 heterocycles. The number of carbonyl (C=O) groups is 1. The van der Waals surface area contributed by atoms with Gasteiger partial charge < -0.3 is 10.7 Å². The third-order valence-corrected chi connectivity index (χ3v) is 2.21. The molecule has 0 aliphatic carbocycles. The topological polar surface area (TPSA) is 83.8 Å². The minimum atomic E-state index is -0.918. The number of hydrogen-bond acceptors (Lipinski definition) is 3. The van der Waals surface area contributed by atoms with Gasteiger partial charge in [-0.3, -0.25) is 10.1 Å². The van der Waals surface area contributed by atoms with E-state index in [9.17, 15) is 4.79 Å². The van der Waals surface area contributed by atoms with E-state index in [4.69, 9.17) is 5.73 Å². The molecule has 0 aliphatic heterocycles. The third-order valence-electron chi connectivity index (χ3n) is 2.21. The maximum atomic E-state index is 11.6. The molecule has 0 atom stereocenters. The molecule has 6 heteroatoms. The minimum absolute atomic E-state index is 0. The number of amides is 1. The number of rotatable bonds is 2. The van der Waals surface area contributed by atoms with E-state index in [0.717, 1.165) is 11.0 Å². The summed E-state index contributed by atoms with van der Waals surface area (Å²) in [5.74, 6) is 0.149. The Morgan fingerprint density at radius 3 is 2.65 bits per heavy atom. The van der Waals surface area contributed by atoms with Crippen LogP contribution in [0.4, 0.5) is 5.95 Å². The summed E-state index contributed by atoms with van der Waals surface area (Å²) in [7, 11) is 0. The quantitative estimate of drug-likeness (QED) is 0.762. The summed E-state index contributed by atoms with van der Waals surface area (Å²) in [6.45, 7) is 3.29. The third kappa shape index (κ3) is 2.95. The second-order valence-electron chi connectivity index (χ2n) is 4.28. The summed E-state index contributed by atoms with van der Waals surface area (Å²) < 4.78 is 0. The average Bonchev–Trinajstić information content (AvgIpc) is 2.58. The van der Waals surface area contributed by atoms with E-state index >= 15 is 0 Å². The fourth-order valence-corrected chi connectivity index (χ4v) is 1.28. The zero-order valence-corrected chi connectivity index (χ0v) is 10.5. The standard InChI is InChI=1S/C11H14N4O.ClH/c1-11(2,12)9(16)15-10-13-7-5-3-4-6-8(7)14-10;/h3-6H,12H2,1-2H3,(H2,13,14,15,16);1H. The van der Waals surface area contributed by atoms with Crippen LogP contribution in [-0.2, 0) is 4.79 Å². The van der Waals surface area contributed by atoms with E-state index in [2.05, 4.69) is 15.3 Å². The number of aromatic amines is 1. The van der Waals surface area contributed by atoms with Crippen LogP contribution in [0, 0.1) is 0 Å². The predicted molar refractivity (Wildman–Crippen MR) is 70.2 cm³/mol. The average molecular weight is 255 g/mol. The monoisotopic (exact) mass is 254 g/mol. The van der Waals surface area contributed by atoms with Gasteiger partial charge in [-0.25, -0.2) is 4.98 Å². The lowest BCUT2D eigenvalue weighted by atomic mass is 10.1. The normalized spacial score (nSPS) is 11.0. The van der Waals surface area contributed by atoms with Crippen LogP contribution in [0.1, 0.15) is 13.8 Å². The summed E-state index contributed by atoms with van der Waals surface area (Å²) in [5.41, 5.74) is 6.44. The summed E-state index contributed by atoms with van der Waals surface area (Å²) in [5, 5.41) is 2.64. The number of nitrogens with zero attached hydrogens (tertiary/aromatic N) is 1. The maximum absolute atomic E-state index is 11.6. The number of hydrogen-bond donors (Lipinski definition) is 3. The molecule has 0 spiro atoms. The molecule has 4 N–H and O–H groups in total. The molecule has 5 nitrogen and oxygen atoms in total. The Labute approximate surface area is 105 Å². The van der Waals surface area contributed by atoms with E-state index in [1.165, 1.54) is 0 Å². The van der Waals surface area contributed by atoms with Gasteiger partial charge in [-0.15, -0.1) is 12.4 Å². The van der Waals surface area contributed by atoms with Crippen molar-refractivity contribution in [3.05, 3.63) is 24.3 Å². The van der Waals surface area contributed by atoms with Gasteiger partial charge in [0, 0.05) is 0 Å². The first-order chi connectivity index (χ1) is 7.47. The van der Waals surface area contributed by atoms with Crippen LogP contribution in [0.15, 0.2) is 24.3 Å². The molecule has 0 aliphatic rings. The van der Waals surface area contributed by atoms with Crippen molar-refractivity contribution in [2.45, 2.75) is 19.4 Å². The molecule has 2 rings (SSSR count). The number of halogens is 1. The first-order valence-electron chi connectivity index (χ1n) is 5.02. The van der Waals surface area contributed by atoms with Crippen molar-refractivity contribution in [2.24, 2.45) is 5.73 Å². The Morgan fingerprint density at radius 2 is 2.06 bits per heavy atom. The first kappa shape index (κ1) is 13.5. The highest BCUT2D eigenvalue weighted by atomic mass is 35.5. The summed E-state index contributed by atoms with van der Waals surface area (Å²) in [6, 6.07) is 7.56. The second kappa shape index (κ2) is 4.73. The summed E-state index contributed by atoms with van der Waals surface area (Å²) in [6.07, 6.45) is 0. The van der Waals surface area contributed by atoms with E-state index in [1.807, 2.05) is 24.3 Å². The summed E-state index contributed by atoms with van der Waals surface area (Å²) >= 11 is 0. The number of imidazole rings is 1. The first-order valence-corrected chi connectivity index (χ1v) is 5.02. The van der Waals surface area contributed by atoms with Crippen LogP contribution >= 0.6 is 12.4 Å². The Bertz CT molecular complexity index is 496. The van der Waals surface area contributed by atoms with E-state index in [-0.39, 0.29) is 18.3 Å². The number of anilines is 1. The van der Waals surface area contributed by atoms with E-state index in [0.29, 0.717) is 5.95 Å². The predicted octanol–water partition coefficient (Wildman–Crippen LogP) is 1.66. The number of fused-ring (bicyclic) bond motifs is 1. The van der Waals surface area contributed by atoms with E-state index in [1.54, 1.807) is 13.8 Å². The van der Waals surface area contributed by atoms with Crippen LogP contribution in [0.2, 0.25) is 0 Å². The Morgan fingerprint density at radius 1 is 1.41 bits per heavy atom. The number of H-pyrrole nitrogens is 1. The Hall–Kier alpha value is -1.59. The van der Waals surface area contributed by atoms with Gasteiger partial charge in [0.2, 0.25) is 11.9 Å². The summed E-state index contributed by atoms with van der Waals surface area (Å²) in [4.78, 5) is 18.8. The molecule has 2 aromatic rings. The number of benzene rings is 1. The lowest BCUT2D eigenvalue weighted by molar-refractivity contribution is -0.120. The molecule has 1 amide bonds. The smallest absolute Gasteiger partial charge is 0.246 e. The second-order valence-corrected chi connectivity index (χ2v) is 4.28. The van der Waals surface area contributed by atoms with Crippen molar-refractivity contribution in [3.63, 3.8) is 0 Å². The van der Waals surface area contributed by atoms with Gasteiger partial charge in [-0.2, -0.15) is 0 Å².